The molecule has 684 valence electrons. The molecular formula is C89H93Cl2N13O26. The van der Waals surface area contributed by atoms with Crippen molar-refractivity contribution in [3.05, 3.63) is 144 Å². The van der Waals surface area contributed by atoms with Gasteiger partial charge in [0.2, 0.25) is 41.4 Å². The van der Waals surface area contributed by atoms with Gasteiger partial charge in [0.25, 0.3) is 17.7 Å². The molecule has 0 unspecified atom stereocenters. The van der Waals surface area contributed by atoms with Gasteiger partial charge in [-0.15, -0.1) is 0 Å². The molecule has 39 nitrogen and oxygen atoms in total. The number of fused-ring (bicyclic) bond motifs is 10. The third-order valence-electron chi connectivity index (χ3n) is 23.5. The molecule has 130 heavy (non-hydrogen) atoms. The van der Waals surface area contributed by atoms with Gasteiger partial charge in [0.15, 0.2) is 5.60 Å². The van der Waals surface area contributed by atoms with E-state index in [1.165, 1.54) is 86.6 Å². The lowest BCUT2D eigenvalue weighted by atomic mass is 9.77. The van der Waals surface area contributed by atoms with Gasteiger partial charge in [0, 0.05) is 90.2 Å². The maximum atomic E-state index is 14.0. The summed E-state index contributed by atoms with van der Waals surface area (Å²) in [7, 11) is 0. The average molecular weight is 1830 g/mol. The zero-order valence-electron chi connectivity index (χ0n) is 70.6. The number of aromatic carboxylic acids is 1. The minimum atomic E-state index is -2.05. The molecule has 1 aromatic heterocycles. The number of aliphatic carboxylic acids is 4. The molecule has 7 heterocycles. The quantitative estimate of drug-likeness (QED) is 0.00652. The molecule has 6 atom stereocenters. The monoisotopic (exact) mass is 1830 g/mol. The van der Waals surface area contributed by atoms with Crippen LogP contribution in [0.3, 0.4) is 0 Å². The van der Waals surface area contributed by atoms with Gasteiger partial charge >= 0.3 is 41.0 Å². The Hall–Kier alpha value is -14.2. The molecule has 6 aromatic carbocycles. The number of benzene rings is 6. The first-order chi connectivity index (χ1) is 61.9. The highest BCUT2D eigenvalue weighted by Gasteiger charge is 2.55. The molecule has 0 bridgehead atoms. The summed E-state index contributed by atoms with van der Waals surface area (Å²) >= 11 is 12.6. The third-order valence-corrected chi connectivity index (χ3v) is 24.1. The molecule has 1 spiro atoms. The molecule has 6 aliphatic rings. The van der Waals surface area contributed by atoms with E-state index in [0.29, 0.717) is 17.3 Å². The molecule has 6 aliphatic heterocycles. The number of phenolic OH excluding ortho intramolecular Hbond substituents is 2. The van der Waals surface area contributed by atoms with E-state index in [9.17, 15) is 112 Å². The zero-order chi connectivity index (χ0) is 93.6. The summed E-state index contributed by atoms with van der Waals surface area (Å²) in [5.74, 6) is -22.4. The number of aryl methyl sites for hydroxylation is 4. The van der Waals surface area contributed by atoms with E-state index >= 15 is 0 Å². The van der Waals surface area contributed by atoms with Gasteiger partial charge in [-0.05, 0) is 160 Å². The normalized spacial score (nSPS) is 15.6. The molecule has 13 rings (SSSR count). The Balaban J connectivity index is 0.578. The van der Waals surface area contributed by atoms with Gasteiger partial charge < -0.3 is 108 Å². The van der Waals surface area contributed by atoms with Crippen molar-refractivity contribution < 1.29 is 126 Å². The topological polar surface area (TPSA) is 586 Å². The number of carboxylic acids is 5. The number of aromatic hydroxyl groups is 2. The molecule has 41 heteroatoms. The van der Waals surface area contributed by atoms with Gasteiger partial charge in [0.1, 0.15) is 65.5 Å². The van der Waals surface area contributed by atoms with Crippen LogP contribution >= 0.6 is 23.2 Å². The van der Waals surface area contributed by atoms with Gasteiger partial charge in [-0.25, -0.2) is 19.4 Å². The van der Waals surface area contributed by atoms with Gasteiger partial charge in [-0.2, -0.15) is 5.10 Å². The maximum absolute atomic E-state index is 14.0. The Morgan fingerprint density at radius 2 is 1.05 bits per heavy atom. The standard InChI is InChI=1S/C89H93Cl2N13O26/c1-40(2)73(84(121)98-59(87(125)126)15-5-6-22-92-79(116)44-16-18-46(50(29-44)86(123)124)72-51-27-42-11-7-23-103-25-9-13-48(75(42)103)77(51)129-78-49-14-10-26-104-24-8-12-43(76(49)104)28-52(72)78)100-68(109)38-94-81(118)60(33-70(112)113)99-85(122)74(41(3)4)101-82(119)58(20-21-69(110)111)97-83(120)61(34-71(114)115)96-67(108)37-93-66(107)39-95-102-80(117)45-17-19-47-53(30-45)89(130-88(47)127)54-31-56(90)62(105)35-64(54)128-65-36-63(106)57(91)32-55(65)89/h16-19,27-32,35-36,39-41,58-61,73-74H,5-15,20-26,33-34,37-38H2,1-4H3,(H16-,92,93,94,96,97,98,99,100,101,102,105,106,107,108,109,110,111,112,113,114,115,116,117,118,119,120,121,122,123,124,125,126)/t58-,59-,60-,61-,73-,74-/m0/s1. The van der Waals surface area contributed by atoms with E-state index in [2.05, 4.69) is 80.3 Å². The number of anilines is 2. The lowest BCUT2D eigenvalue weighted by Crippen LogP contribution is -2.60. The van der Waals surface area contributed by atoms with Crippen molar-refractivity contribution in [2.75, 3.05) is 55.6 Å². The van der Waals surface area contributed by atoms with Gasteiger partial charge in [-0.1, -0.05) is 57.0 Å². The van der Waals surface area contributed by atoms with Crippen LogP contribution in [0.2, 0.25) is 10.0 Å². The number of phenols is 2. The van der Waals surface area contributed by atoms with Crippen LogP contribution in [0.15, 0.2) is 82.3 Å². The Morgan fingerprint density at radius 3 is 1.59 bits per heavy atom. The van der Waals surface area contributed by atoms with Crippen molar-refractivity contribution in [1.29, 1.82) is 0 Å². The van der Waals surface area contributed by atoms with E-state index in [4.69, 9.17) is 37.1 Å². The number of carboxylic acid groups (broad SMARTS) is 5. The van der Waals surface area contributed by atoms with E-state index in [-0.39, 0.29) is 86.3 Å². The predicted molar refractivity (Wildman–Crippen MR) is 462 cm³/mol. The number of hydrazone groups is 1. The van der Waals surface area contributed by atoms with Crippen molar-refractivity contribution in [3.8, 4) is 34.1 Å². The summed E-state index contributed by atoms with van der Waals surface area (Å²) in [6, 6.07) is 6.71. The van der Waals surface area contributed by atoms with Crippen molar-refractivity contribution in [2.45, 2.75) is 166 Å². The van der Waals surface area contributed by atoms with E-state index in [1.54, 1.807) is 12.1 Å². The second kappa shape index (κ2) is 39.6. The number of carbonyl (C=O) groups excluding carboxylic acids is 12. The highest BCUT2D eigenvalue weighted by Crippen LogP contribution is 2.59. The molecule has 10 amide bonds. The van der Waals surface area contributed by atoms with Crippen molar-refractivity contribution in [3.63, 3.8) is 0 Å². The molecule has 0 aliphatic carbocycles. The fourth-order valence-corrected chi connectivity index (χ4v) is 17.7. The van der Waals surface area contributed by atoms with Crippen LogP contribution in [0.25, 0.3) is 33.1 Å². The number of ether oxygens (including phenoxy) is 2. The number of amides is 10. The van der Waals surface area contributed by atoms with Gasteiger partial charge in [0.05, 0.1) is 80.8 Å². The highest BCUT2D eigenvalue weighted by molar-refractivity contribution is 6.33. The summed E-state index contributed by atoms with van der Waals surface area (Å²) in [4.78, 5) is 217. The molecule has 0 saturated heterocycles. The largest absolute Gasteiger partial charge is 0.545 e. The Bertz CT molecular complexity index is 5770. The van der Waals surface area contributed by atoms with E-state index in [1.807, 2.05) is 0 Å². The second-order valence-corrected chi connectivity index (χ2v) is 33.9. The number of rotatable bonds is 36. The van der Waals surface area contributed by atoms with Crippen LogP contribution in [-0.4, -0.2) is 214 Å². The minimum Gasteiger partial charge on any atom is -0.545 e. The first kappa shape index (κ1) is 93.4. The SMILES string of the molecule is CC(C)[C@H](NC(=O)CNC(=O)[C@H](CC(=O)O)NC(=O)[C@@H](NC(=O)[C@H](CCC(=O)O)NC(=O)[C@H](CC(=O)O)NC(=O)CNC(=O)/C=N/NC(=O)c1ccc2c(c1)C1(OC2=O)c2cc(Cl)c(O)cc2Oc2cc(O)c(Cl)cc21)C(C)C)C(=O)N[C@@H](CCCCNC(=O)c1ccc(-c2c3cc4c5c(c3[o+]c3c6c7c(cc23)CCCN7CCC6)CCCN5CCC4)c(C(=O)[O-])c1)C(=O)O. The van der Waals surface area contributed by atoms with Gasteiger partial charge in [-0.3, -0.25) is 62.3 Å². The summed E-state index contributed by atoms with van der Waals surface area (Å²) < 4.78 is 19.1. The molecular weight excluding hydrogens is 1740 g/mol. The van der Waals surface area contributed by atoms with Crippen LogP contribution in [0.5, 0.6) is 23.0 Å². The van der Waals surface area contributed by atoms with Crippen LogP contribution in [0, 0.1) is 11.8 Å². The molecule has 16 N–H and O–H groups in total. The molecule has 0 fully saturated rings. The smallest absolute Gasteiger partial charge is 0.366 e. The number of nitrogens with zero attached hydrogens (tertiary/aromatic N) is 3. The number of hydrogen-bond donors (Lipinski definition) is 16. The number of esters is 1. The van der Waals surface area contributed by atoms with E-state index < -0.39 is 199 Å². The number of nitrogens with one attached hydrogen (secondary N) is 10. The Kier molecular flexibility index (Phi) is 28.4. The number of hydrogen-bond acceptors (Lipinski definition) is 24. The number of carbonyl (C=O) groups is 16. The minimum absolute atomic E-state index is 0.00147. The fraction of sp³-hybridized carbons (Fsp3) is 0.393. The fourth-order valence-electron chi connectivity index (χ4n) is 17.4. The molecule has 0 radical (unpaired) electrons. The van der Waals surface area contributed by atoms with Crippen LogP contribution in [0.1, 0.15) is 179 Å². The summed E-state index contributed by atoms with van der Waals surface area (Å²) in [5.41, 5.74) is 9.54. The summed E-state index contributed by atoms with van der Waals surface area (Å²) in [6.07, 6.45) is 3.88. The van der Waals surface area contributed by atoms with Crippen LogP contribution in [-0.2, 0) is 93.6 Å². The van der Waals surface area contributed by atoms with Crippen LogP contribution in [0.4, 0.5) is 11.4 Å². The number of halogens is 2. The average Bonchev–Trinajstić information content (AvgIpc) is 1.43. The van der Waals surface area contributed by atoms with Crippen molar-refractivity contribution in [2.24, 2.45) is 16.9 Å². The second-order valence-electron chi connectivity index (χ2n) is 33.1. The van der Waals surface area contributed by atoms with Crippen molar-refractivity contribution in [1.82, 2.24) is 53.3 Å². The lowest BCUT2D eigenvalue weighted by Gasteiger charge is -2.37. The third kappa shape index (κ3) is 20.2. The molecule has 0 saturated carbocycles. The first-order valence-corrected chi connectivity index (χ1v) is 42.9. The van der Waals surface area contributed by atoms with Crippen molar-refractivity contribution >= 4 is 158 Å². The van der Waals surface area contributed by atoms with Crippen LogP contribution < -0.4 is 72.9 Å². The lowest BCUT2D eigenvalue weighted by molar-refractivity contribution is -0.255. The zero-order valence-corrected chi connectivity index (χ0v) is 72.1. The predicted octanol–water partition coefficient (Wildman–Crippen LogP) is 4.25. The maximum Gasteiger partial charge on any atom is 0.366 e. The number of unbranched alkanes of at least 4 members (excludes halogenated alkanes) is 1. The van der Waals surface area contributed by atoms with E-state index in [0.717, 1.165) is 123 Å². The molecule has 7 aromatic rings. The summed E-state index contributed by atoms with van der Waals surface area (Å²) in [5, 5.41) is 99.1. The Morgan fingerprint density at radius 1 is 0.538 bits per heavy atom. The Labute approximate surface area is 750 Å². The highest BCUT2D eigenvalue weighted by atomic mass is 35.5. The first-order valence-electron chi connectivity index (χ1n) is 42.2. The summed E-state index contributed by atoms with van der Waals surface area (Å²) in [6.45, 7) is 7.60.